The Balaban J connectivity index is 1.71. The molecule has 118 valence electrons. The molecule has 0 bridgehead atoms. The minimum Gasteiger partial charge on any atom is -0.317 e. The van der Waals surface area contributed by atoms with Crippen molar-refractivity contribution in [3.05, 3.63) is 70.8 Å². The summed E-state index contributed by atoms with van der Waals surface area (Å²) in [6, 6.07) is 19.5. The van der Waals surface area contributed by atoms with E-state index in [4.69, 9.17) is 0 Å². The van der Waals surface area contributed by atoms with Crippen LogP contribution in [0.5, 0.6) is 0 Å². The number of rotatable bonds is 0. The van der Waals surface area contributed by atoms with Gasteiger partial charge in [0.2, 0.25) is 0 Å². The van der Waals surface area contributed by atoms with Crippen LogP contribution in [0.3, 0.4) is 0 Å². The number of hydrogen-bond acceptors (Lipinski definition) is 1. The molecule has 0 spiro atoms. The Morgan fingerprint density at radius 3 is 2.35 bits per heavy atom. The molecule has 0 amide bonds. The first-order chi connectivity index (χ1) is 11.3. The second-order valence-electron chi connectivity index (χ2n) is 7.75. The first-order valence-corrected chi connectivity index (χ1v) is 9.00. The van der Waals surface area contributed by atoms with E-state index in [0.717, 1.165) is 0 Å². The topological polar surface area (TPSA) is 3.24 Å². The maximum absolute atomic E-state index is 2.76. The van der Waals surface area contributed by atoms with Gasteiger partial charge in [-0.3, -0.25) is 4.90 Å². The molecule has 2 heteroatoms. The third-order valence-corrected chi connectivity index (χ3v) is 6.57. The van der Waals surface area contributed by atoms with E-state index >= 15 is 0 Å². The van der Waals surface area contributed by atoms with Crippen LogP contribution in [0.2, 0.25) is 0 Å². The van der Waals surface area contributed by atoms with Crippen LogP contribution in [0.15, 0.2) is 48.5 Å². The zero-order chi connectivity index (χ0) is 15.4. The van der Waals surface area contributed by atoms with Crippen LogP contribution < -0.4 is 0 Å². The Morgan fingerprint density at radius 1 is 0.826 bits per heavy atom. The molecule has 1 unspecified atom stereocenters. The minimum atomic E-state index is 0.556. The minimum absolute atomic E-state index is 0.556. The van der Waals surface area contributed by atoms with Crippen LogP contribution in [-0.2, 0) is 12.8 Å². The second-order valence-corrected chi connectivity index (χ2v) is 7.75. The molecule has 0 aliphatic carbocycles. The Kier molecular flexibility index (Phi) is 2.95. The van der Waals surface area contributed by atoms with Gasteiger partial charge in [0.1, 0.15) is 6.04 Å². The van der Waals surface area contributed by atoms with Crippen molar-refractivity contribution in [3.63, 3.8) is 0 Å². The summed E-state index contributed by atoms with van der Waals surface area (Å²) < 4.78 is 1.21. The molecular formula is C21H25N2+. The zero-order valence-electron chi connectivity index (χ0n) is 13.9. The maximum atomic E-state index is 2.76. The highest BCUT2D eigenvalue weighted by Crippen LogP contribution is 2.50. The van der Waals surface area contributed by atoms with E-state index in [1.807, 2.05) is 0 Å². The number of piperazine rings is 1. The fourth-order valence-electron chi connectivity index (χ4n) is 5.29. The summed E-state index contributed by atoms with van der Waals surface area (Å²) in [5.41, 5.74) is 6.35. The second kappa shape index (κ2) is 4.93. The molecule has 3 atom stereocenters. The number of fused-ring (bicyclic) bond motifs is 7. The standard InChI is InChI=1S/C21H25N2/c1-23-14-11-17-7-3-5-9-19(17)21(23)20-18-8-4-2-6-16(18)10-12-22(20)13-15-23/h2-9,20-21H,10-15H2,1H3/q+1/t20-,21-,23?/m1/s1. The summed E-state index contributed by atoms with van der Waals surface area (Å²) in [7, 11) is 2.50. The first-order valence-electron chi connectivity index (χ1n) is 9.00. The van der Waals surface area contributed by atoms with Crippen molar-refractivity contribution in [3.8, 4) is 0 Å². The fourth-order valence-corrected chi connectivity index (χ4v) is 5.29. The van der Waals surface area contributed by atoms with E-state index in [1.165, 1.54) is 43.5 Å². The predicted octanol–water partition coefficient (Wildman–Crippen LogP) is 3.34. The Bertz CT molecular complexity index is 753. The molecule has 0 N–H and O–H groups in total. The molecule has 3 heterocycles. The Hall–Kier alpha value is -1.64. The number of nitrogens with zero attached hydrogens (tertiary/aromatic N) is 2. The van der Waals surface area contributed by atoms with Crippen LogP contribution in [0.25, 0.3) is 0 Å². The number of likely N-dealkylation sites (N-methyl/N-ethyl adjacent to an activating group) is 1. The molecule has 5 rings (SSSR count). The van der Waals surface area contributed by atoms with Gasteiger partial charge >= 0.3 is 0 Å². The Morgan fingerprint density at radius 2 is 1.52 bits per heavy atom. The van der Waals surface area contributed by atoms with Gasteiger partial charge in [0, 0.05) is 25.1 Å². The van der Waals surface area contributed by atoms with Crippen LogP contribution in [0.4, 0.5) is 0 Å². The van der Waals surface area contributed by atoms with Crippen molar-refractivity contribution in [1.82, 2.24) is 4.90 Å². The SMILES string of the molecule is C[N+]12CCc3ccccc3[C@@H]1[C@H]1c3ccccc3CCN1CC2. The van der Waals surface area contributed by atoms with E-state index in [2.05, 4.69) is 60.5 Å². The zero-order valence-corrected chi connectivity index (χ0v) is 13.9. The first kappa shape index (κ1) is 13.8. The highest BCUT2D eigenvalue weighted by atomic mass is 15.4. The van der Waals surface area contributed by atoms with Crippen LogP contribution in [0.1, 0.15) is 34.3 Å². The molecule has 3 aliphatic rings. The van der Waals surface area contributed by atoms with Gasteiger partial charge in [-0.1, -0.05) is 48.5 Å². The van der Waals surface area contributed by atoms with Gasteiger partial charge in [0.15, 0.2) is 0 Å². The smallest absolute Gasteiger partial charge is 0.135 e. The molecule has 3 aliphatic heterocycles. The third kappa shape index (κ3) is 1.95. The molecule has 2 aromatic carbocycles. The van der Waals surface area contributed by atoms with Gasteiger partial charge in [-0.15, -0.1) is 0 Å². The fraction of sp³-hybridized carbons (Fsp3) is 0.429. The molecule has 1 fully saturated rings. The quantitative estimate of drug-likeness (QED) is 0.675. The van der Waals surface area contributed by atoms with Gasteiger partial charge in [-0.25, -0.2) is 0 Å². The molecule has 2 nitrogen and oxygen atoms in total. The lowest BCUT2D eigenvalue weighted by Gasteiger charge is -2.56. The van der Waals surface area contributed by atoms with Crippen LogP contribution >= 0.6 is 0 Å². The van der Waals surface area contributed by atoms with Crippen molar-refractivity contribution in [2.75, 3.05) is 33.2 Å². The molecule has 0 aromatic heterocycles. The molecule has 23 heavy (non-hydrogen) atoms. The van der Waals surface area contributed by atoms with Gasteiger partial charge in [0.05, 0.1) is 26.2 Å². The molecule has 2 aromatic rings. The molecular weight excluding hydrogens is 280 g/mol. The largest absolute Gasteiger partial charge is 0.317 e. The van der Waals surface area contributed by atoms with E-state index in [9.17, 15) is 0 Å². The maximum Gasteiger partial charge on any atom is 0.135 e. The monoisotopic (exact) mass is 305 g/mol. The number of hydrogen-bond donors (Lipinski definition) is 0. The number of benzene rings is 2. The molecule has 1 saturated heterocycles. The average Bonchev–Trinajstić information content (AvgIpc) is 2.60. The molecule has 0 saturated carbocycles. The van der Waals surface area contributed by atoms with Crippen molar-refractivity contribution >= 4 is 0 Å². The summed E-state index contributed by atoms with van der Waals surface area (Å²) in [4.78, 5) is 2.76. The van der Waals surface area contributed by atoms with Gasteiger partial charge < -0.3 is 4.48 Å². The van der Waals surface area contributed by atoms with Gasteiger partial charge in [0.25, 0.3) is 0 Å². The lowest BCUT2D eigenvalue weighted by Crippen LogP contribution is -2.63. The lowest BCUT2D eigenvalue weighted by atomic mass is 9.78. The predicted molar refractivity (Wildman–Crippen MR) is 93.3 cm³/mol. The number of quaternary nitrogens is 1. The van der Waals surface area contributed by atoms with E-state index in [0.29, 0.717) is 12.1 Å². The van der Waals surface area contributed by atoms with Crippen molar-refractivity contribution < 1.29 is 4.48 Å². The summed E-state index contributed by atoms with van der Waals surface area (Å²) in [6.45, 7) is 5.04. The average molecular weight is 305 g/mol. The lowest BCUT2D eigenvalue weighted by molar-refractivity contribution is -0.950. The van der Waals surface area contributed by atoms with Crippen LogP contribution in [-0.4, -0.2) is 42.6 Å². The normalized spacial score (nSPS) is 32.4. The summed E-state index contributed by atoms with van der Waals surface area (Å²) in [5, 5.41) is 0. The highest BCUT2D eigenvalue weighted by Gasteiger charge is 2.51. The van der Waals surface area contributed by atoms with E-state index in [1.54, 1.807) is 22.3 Å². The van der Waals surface area contributed by atoms with Crippen LogP contribution in [0, 0.1) is 0 Å². The van der Waals surface area contributed by atoms with E-state index in [-0.39, 0.29) is 0 Å². The van der Waals surface area contributed by atoms with Crippen molar-refractivity contribution in [2.24, 2.45) is 0 Å². The van der Waals surface area contributed by atoms with E-state index < -0.39 is 0 Å². The third-order valence-electron chi connectivity index (χ3n) is 6.57. The highest BCUT2D eigenvalue weighted by molar-refractivity contribution is 5.39. The summed E-state index contributed by atoms with van der Waals surface area (Å²) in [5.74, 6) is 0. The summed E-state index contributed by atoms with van der Waals surface area (Å²) >= 11 is 0. The van der Waals surface area contributed by atoms with Crippen molar-refractivity contribution in [1.29, 1.82) is 0 Å². The summed E-state index contributed by atoms with van der Waals surface area (Å²) in [6.07, 6.45) is 2.45. The molecule has 0 radical (unpaired) electrons. The van der Waals surface area contributed by atoms with Gasteiger partial charge in [-0.05, 0) is 23.1 Å². The Labute approximate surface area is 138 Å². The van der Waals surface area contributed by atoms with Gasteiger partial charge in [-0.2, -0.15) is 0 Å². The van der Waals surface area contributed by atoms with Crippen molar-refractivity contribution in [2.45, 2.75) is 24.9 Å².